The van der Waals surface area contributed by atoms with Crippen LogP contribution in [0.25, 0.3) is 0 Å². The van der Waals surface area contributed by atoms with Crippen molar-refractivity contribution in [2.45, 2.75) is 32.5 Å². The number of non-ortho nitro benzene ring substituents is 1. The Bertz CT molecular complexity index is 1360. The van der Waals surface area contributed by atoms with Crippen LogP contribution >= 0.6 is 0 Å². The van der Waals surface area contributed by atoms with E-state index in [9.17, 15) is 24.1 Å². The molecule has 1 fully saturated rings. The van der Waals surface area contributed by atoms with E-state index in [1.807, 2.05) is 30.3 Å². The van der Waals surface area contributed by atoms with Crippen LogP contribution in [0, 0.1) is 21.8 Å². The van der Waals surface area contributed by atoms with Crippen molar-refractivity contribution in [2.75, 3.05) is 24.5 Å². The molecule has 0 radical (unpaired) electrons. The normalized spacial score (nSPS) is 19.0. The zero-order valence-electron chi connectivity index (χ0n) is 21.3. The molecule has 3 aromatic carbocycles. The summed E-state index contributed by atoms with van der Waals surface area (Å²) in [6, 6.07) is 18.9. The molecule has 0 unspecified atom stereocenters. The highest BCUT2D eigenvalue weighted by Gasteiger charge is 2.50. The van der Waals surface area contributed by atoms with Gasteiger partial charge in [-0.3, -0.25) is 19.7 Å². The molecular formula is C29H29FN4O4. The summed E-state index contributed by atoms with van der Waals surface area (Å²) < 4.78 is 13.4. The maximum atomic E-state index is 14.0. The Morgan fingerprint density at radius 2 is 1.74 bits per heavy atom. The number of rotatable bonds is 7. The Kier molecular flexibility index (Phi) is 6.84. The lowest BCUT2D eigenvalue weighted by Gasteiger charge is -2.53. The van der Waals surface area contributed by atoms with Gasteiger partial charge in [-0.05, 0) is 41.7 Å². The molecule has 8 nitrogen and oxygen atoms in total. The zero-order valence-corrected chi connectivity index (χ0v) is 21.3. The number of nitrogens with zero attached hydrogens (tertiary/aromatic N) is 4. The second-order valence-corrected chi connectivity index (χ2v) is 10.2. The summed E-state index contributed by atoms with van der Waals surface area (Å²) in [5.74, 6) is -0.685. The smallest absolute Gasteiger partial charge is 0.270 e. The van der Waals surface area contributed by atoms with E-state index in [1.54, 1.807) is 28.0 Å². The van der Waals surface area contributed by atoms with Gasteiger partial charge in [0, 0.05) is 25.2 Å². The number of halogens is 1. The van der Waals surface area contributed by atoms with Gasteiger partial charge < -0.3 is 14.7 Å². The molecule has 2 aliphatic rings. The Labute approximate surface area is 220 Å². The van der Waals surface area contributed by atoms with Crippen molar-refractivity contribution in [3.63, 3.8) is 0 Å². The summed E-state index contributed by atoms with van der Waals surface area (Å²) in [5, 5.41) is 11.5. The number of carbonyl (C=O) groups excluding carboxylic acids is 2. The first-order valence-corrected chi connectivity index (χ1v) is 12.7. The summed E-state index contributed by atoms with van der Waals surface area (Å²) in [6.07, 6.45) is 0.0937. The van der Waals surface area contributed by atoms with Crippen molar-refractivity contribution in [3.8, 4) is 0 Å². The number of benzene rings is 3. The van der Waals surface area contributed by atoms with E-state index in [0.29, 0.717) is 30.8 Å². The fourth-order valence-electron chi connectivity index (χ4n) is 5.37. The lowest BCUT2D eigenvalue weighted by atomic mass is 9.94. The largest absolute Gasteiger partial charge is 0.349 e. The standard InChI is InChI=1S/C29H29FN4O4/c1-19(2)17-32-25-13-12-23(34(37)38)16-24(25)28(35)33-26(32)18-31(15-14-20-8-10-22(30)11-9-20)29(36)27(33)21-6-4-3-5-7-21/h3-13,16,19,26-27H,14-15,17-18H2,1-2H3/t26-,27+/m0/s1. The maximum absolute atomic E-state index is 14.0. The second kappa shape index (κ2) is 10.2. The zero-order chi connectivity index (χ0) is 27.0. The predicted molar refractivity (Wildman–Crippen MR) is 141 cm³/mol. The Morgan fingerprint density at radius 3 is 2.39 bits per heavy atom. The van der Waals surface area contributed by atoms with Crippen LogP contribution in [0.5, 0.6) is 0 Å². The molecule has 2 atom stereocenters. The highest BCUT2D eigenvalue weighted by Crippen LogP contribution is 2.41. The Balaban J connectivity index is 1.58. The Morgan fingerprint density at radius 1 is 1.03 bits per heavy atom. The third kappa shape index (κ3) is 4.71. The summed E-state index contributed by atoms with van der Waals surface area (Å²) in [6.45, 7) is 5.44. The topological polar surface area (TPSA) is 87.0 Å². The minimum Gasteiger partial charge on any atom is -0.349 e. The number of fused-ring (bicyclic) bond motifs is 2. The first kappa shape index (κ1) is 25.4. The number of hydrogen-bond acceptors (Lipinski definition) is 5. The monoisotopic (exact) mass is 516 g/mol. The van der Waals surface area contributed by atoms with Crippen LogP contribution in [0.3, 0.4) is 0 Å². The molecule has 9 heteroatoms. The van der Waals surface area contributed by atoms with E-state index in [-0.39, 0.29) is 35.4 Å². The van der Waals surface area contributed by atoms with Gasteiger partial charge in [0.15, 0.2) is 0 Å². The van der Waals surface area contributed by atoms with E-state index in [1.165, 1.54) is 24.3 Å². The predicted octanol–water partition coefficient (Wildman–Crippen LogP) is 4.80. The molecule has 0 bridgehead atoms. The Hall–Kier alpha value is -4.27. The summed E-state index contributed by atoms with van der Waals surface area (Å²) in [4.78, 5) is 44.4. The van der Waals surface area contributed by atoms with Gasteiger partial charge in [-0.2, -0.15) is 0 Å². The highest BCUT2D eigenvalue weighted by molar-refractivity contribution is 6.05. The summed E-state index contributed by atoms with van der Waals surface area (Å²) >= 11 is 0. The SMILES string of the molecule is CC(C)CN1c2ccc([N+](=O)[O-])cc2C(=O)N2[C@H](c3ccccc3)C(=O)N(CCc3ccc(F)cc3)C[C@@H]12. The molecule has 0 saturated carbocycles. The van der Waals surface area contributed by atoms with Crippen LogP contribution in [0.1, 0.15) is 41.4 Å². The second-order valence-electron chi connectivity index (χ2n) is 10.2. The van der Waals surface area contributed by atoms with Gasteiger partial charge >= 0.3 is 0 Å². The lowest BCUT2D eigenvalue weighted by molar-refractivity contribution is -0.384. The number of hydrogen-bond donors (Lipinski definition) is 0. The van der Waals surface area contributed by atoms with Gasteiger partial charge in [-0.15, -0.1) is 0 Å². The van der Waals surface area contributed by atoms with Crippen molar-refractivity contribution in [1.29, 1.82) is 0 Å². The summed E-state index contributed by atoms with van der Waals surface area (Å²) in [7, 11) is 0. The number of carbonyl (C=O) groups is 2. The average molecular weight is 517 g/mol. The maximum Gasteiger partial charge on any atom is 0.270 e. The van der Waals surface area contributed by atoms with Crippen LogP contribution in [0.2, 0.25) is 0 Å². The average Bonchev–Trinajstić information content (AvgIpc) is 2.91. The molecule has 1 saturated heterocycles. The van der Waals surface area contributed by atoms with Gasteiger partial charge in [-0.25, -0.2) is 4.39 Å². The first-order valence-electron chi connectivity index (χ1n) is 12.7. The third-order valence-corrected chi connectivity index (χ3v) is 7.11. The minimum absolute atomic E-state index is 0.166. The van der Waals surface area contributed by atoms with Crippen molar-refractivity contribution < 1.29 is 18.9 Å². The van der Waals surface area contributed by atoms with E-state index < -0.39 is 23.0 Å². The quantitative estimate of drug-likeness (QED) is 0.333. The first-order chi connectivity index (χ1) is 18.2. The fourth-order valence-corrected chi connectivity index (χ4v) is 5.37. The molecule has 2 aliphatic heterocycles. The molecule has 2 heterocycles. The van der Waals surface area contributed by atoms with Gasteiger partial charge in [0.25, 0.3) is 11.6 Å². The molecule has 5 rings (SSSR count). The van der Waals surface area contributed by atoms with Crippen molar-refractivity contribution in [2.24, 2.45) is 5.92 Å². The van der Waals surface area contributed by atoms with Crippen LogP contribution < -0.4 is 4.90 Å². The van der Waals surface area contributed by atoms with E-state index in [0.717, 1.165) is 5.56 Å². The van der Waals surface area contributed by atoms with Crippen LogP contribution in [0.15, 0.2) is 72.8 Å². The highest BCUT2D eigenvalue weighted by atomic mass is 19.1. The number of nitro benzene ring substituents is 1. The van der Waals surface area contributed by atoms with E-state index in [2.05, 4.69) is 18.7 Å². The van der Waals surface area contributed by atoms with E-state index >= 15 is 0 Å². The molecule has 3 aromatic rings. The van der Waals surface area contributed by atoms with Crippen LogP contribution in [-0.2, 0) is 11.2 Å². The molecular weight excluding hydrogens is 487 g/mol. The van der Waals surface area contributed by atoms with Gasteiger partial charge in [-0.1, -0.05) is 56.3 Å². The number of anilines is 1. The summed E-state index contributed by atoms with van der Waals surface area (Å²) in [5.41, 5.74) is 2.29. The van der Waals surface area contributed by atoms with Crippen LogP contribution in [0.4, 0.5) is 15.8 Å². The molecule has 0 N–H and O–H groups in total. The van der Waals surface area contributed by atoms with Crippen molar-refractivity contribution >= 4 is 23.2 Å². The van der Waals surface area contributed by atoms with Gasteiger partial charge in [0.2, 0.25) is 5.91 Å². The van der Waals surface area contributed by atoms with Gasteiger partial charge in [0.05, 0.1) is 22.7 Å². The molecule has 2 amide bonds. The lowest BCUT2D eigenvalue weighted by Crippen LogP contribution is -2.67. The molecule has 0 aliphatic carbocycles. The molecule has 38 heavy (non-hydrogen) atoms. The number of piperazine rings is 1. The molecule has 0 spiro atoms. The molecule has 0 aromatic heterocycles. The van der Waals surface area contributed by atoms with Crippen molar-refractivity contribution in [3.05, 3.63) is 105 Å². The fraction of sp³-hybridized carbons (Fsp3) is 0.310. The minimum atomic E-state index is -0.877. The number of amides is 2. The number of nitro groups is 1. The van der Waals surface area contributed by atoms with Crippen LogP contribution in [-0.4, -0.2) is 52.3 Å². The third-order valence-electron chi connectivity index (χ3n) is 7.11. The van der Waals surface area contributed by atoms with Crippen molar-refractivity contribution in [1.82, 2.24) is 9.80 Å². The van der Waals surface area contributed by atoms with E-state index in [4.69, 9.17) is 0 Å². The van der Waals surface area contributed by atoms with Gasteiger partial charge in [0.1, 0.15) is 18.0 Å². The molecule has 196 valence electrons.